The molecule has 0 saturated carbocycles. The Labute approximate surface area is 149 Å². The van der Waals surface area contributed by atoms with Crippen LogP contribution in [0.5, 0.6) is 5.75 Å². The highest BCUT2D eigenvalue weighted by Gasteiger charge is 2.13. The van der Waals surface area contributed by atoms with Crippen molar-refractivity contribution in [3.05, 3.63) is 73.1 Å². The summed E-state index contributed by atoms with van der Waals surface area (Å²) >= 11 is 0. The number of hydrogen-bond donors (Lipinski definition) is 1. The summed E-state index contributed by atoms with van der Waals surface area (Å²) < 4.78 is 7.30. The van der Waals surface area contributed by atoms with E-state index in [4.69, 9.17) is 4.74 Å². The highest BCUT2D eigenvalue weighted by Crippen LogP contribution is 2.30. The maximum atomic E-state index is 12.4. The van der Waals surface area contributed by atoms with Crippen molar-refractivity contribution >= 4 is 17.2 Å². The fourth-order valence-corrected chi connectivity index (χ4v) is 2.64. The number of imidazole rings is 1. The van der Waals surface area contributed by atoms with Crippen LogP contribution in [0, 0.1) is 0 Å². The number of nitrogens with zero attached hydrogens (tertiary/aromatic N) is 4. The number of amides is 1. The molecule has 7 nitrogen and oxygen atoms in total. The minimum atomic E-state index is -0.358. The van der Waals surface area contributed by atoms with Crippen LogP contribution in [0.3, 0.4) is 0 Å². The molecule has 0 radical (unpaired) electrons. The fraction of sp³-hybridized carbons (Fsp3) is 0.0526. The molecule has 1 aromatic carbocycles. The summed E-state index contributed by atoms with van der Waals surface area (Å²) in [6.45, 7) is 0. The molecular formula is C19H15N5O2. The average molecular weight is 345 g/mol. The van der Waals surface area contributed by atoms with Gasteiger partial charge in [0.15, 0.2) is 0 Å². The molecule has 0 bridgehead atoms. The van der Waals surface area contributed by atoms with Crippen LogP contribution < -0.4 is 10.1 Å². The summed E-state index contributed by atoms with van der Waals surface area (Å²) in [5.41, 5.74) is 3.28. The first kappa shape index (κ1) is 15.8. The molecule has 3 aromatic heterocycles. The first-order valence-corrected chi connectivity index (χ1v) is 7.94. The van der Waals surface area contributed by atoms with Crippen LogP contribution in [0.15, 0.2) is 67.4 Å². The molecular weight excluding hydrogens is 330 g/mol. The summed E-state index contributed by atoms with van der Waals surface area (Å²) in [4.78, 5) is 24.9. The van der Waals surface area contributed by atoms with E-state index in [2.05, 4.69) is 20.3 Å². The molecule has 0 aliphatic heterocycles. The Balaban J connectivity index is 1.70. The van der Waals surface area contributed by atoms with Gasteiger partial charge in [-0.3, -0.25) is 9.78 Å². The van der Waals surface area contributed by atoms with Crippen molar-refractivity contribution in [3.8, 4) is 17.0 Å². The second kappa shape index (κ2) is 6.64. The first-order valence-electron chi connectivity index (χ1n) is 7.94. The van der Waals surface area contributed by atoms with E-state index in [1.54, 1.807) is 13.2 Å². The Kier molecular flexibility index (Phi) is 4.03. The van der Waals surface area contributed by atoms with Crippen LogP contribution in [0.2, 0.25) is 0 Å². The summed E-state index contributed by atoms with van der Waals surface area (Å²) in [5.74, 6) is 0.193. The predicted molar refractivity (Wildman–Crippen MR) is 97.2 cm³/mol. The Morgan fingerprint density at radius 1 is 1.19 bits per heavy atom. The van der Waals surface area contributed by atoms with Crippen LogP contribution in [0.4, 0.5) is 5.69 Å². The molecule has 4 aromatic rings. The minimum Gasteiger partial charge on any atom is -0.495 e. The van der Waals surface area contributed by atoms with Crippen LogP contribution in [0.1, 0.15) is 10.5 Å². The third-order valence-corrected chi connectivity index (χ3v) is 3.90. The lowest BCUT2D eigenvalue weighted by Gasteiger charge is -2.11. The van der Waals surface area contributed by atoms with Crippen molar-refractivity contribution in [2.45, 2.75) is 0 Å². The second-order valence-corrected chi connectivity index (χ2v) is 5.55. The third kappa shape index (κ3) is 2.98. The van der Waals surface area contributed by atoms with E-state index in [1.165, 1.54) is 18.6 Å². The number of pyridine rings is 1. The van der Waals surface area contributed by atoms with Crippen molar-refractivity contribution in [2.75, 3.05) is 12.4 Å². The van der Waals surface area contributed by atoms with Crippen molar-refractivity contribution in [3.63, 3.8) is 0 Å². The van der Waals surface area contributed by atoms with Crippen molar-refractivity contribution in [2.24, 2.45) is 0 Å². The number of methoxy groups -OCH3 is 1. The maximum Gasteiger partial charge on any atom is 0.275 e. The fourth-order valence-electron chi connectivity index (χ4n) is 2.64. The quantitative estimate of drug-likeness (QED) is 0.615. The van der Waals surface area contributed by atoms with E-state index < -0.39 is 0 Å². The number of carbonyl (C=O) groups excluding carboxylic acids is 1. The van der Waals surface area contributed by atoms with Gasteiger partial charge in [0, 0.05) is 30.4 Å². The zero-order valence-corrected chi connectivity index (χ0v) is 14.0. The number of nitrogens with one attached hydrogen (secondary N) is 1. The number of fused-ring (bicyclic) bond motifs is 1. The molecule has 1 amide bonds. The highest BCUT2D eigenvalue weighted by molar-refractivity contribution is 6.03. The van der Waals surface area contributed by atoms with Crippen molar-refractivity contribution in [1.29, 1.82) is 0 Å². The van der Waals surface area contributed by atoms with Crippen LogP contribution in [0.25, 0.3) is 16.9 Å². The van der Waals surface area contributed by atoms with Crippen LogP contribution in [-0.4, -0.2) is 32.4 Å². The molecule has 128 valence electrons. The maximum absolute atomic E-state index is 12.4. The lowest BCUT2D eigenvalue weighted by molar-refractivity contribution is 0.102. The molecule has 0 fully saturated rings. The first-order chi connectivity index (χ1) is 12.7. The second-order valence-electron chi connectivity index (χ2n) is 5.55. The van der Waals surface area contributed by atoms with Gasteiger partial charge in [0.25, 0.3) is 5.91 Å². The molecule has 0 aliphatic carbocycles. The van der Waals surface area contributed by atoms with Crippen LogP contribution in [-0.2, 0) is 0 Å². The Bertz CT molecular complexity index is 1040. The molecule has 0 spiro atoms. The highest BCUT2D eigenvalue weighted by atomic mass is 16.5. The van der Waals surface area contributed by atoms with Crippen LogP contribution >= 0.6 is 0 Å². The van der Waals surface area contributed by atoms with E-state index in [0.717, 1.165) is 16.9 Å². The van der Waals surface area contributed by atoms with E-state index in [9.17, 15) is 4.79 Å². The van der Waals surface area contributed by atoms with E-state index >= 15 is 0 Å². The molecule has 0 atom stereocenters. The molecule has 0 saturated heterocycles. The Morgan fingerprint density at radius 2 is 2.12 bits per heavy atom. The molecule has 1 N–H and O–H groups in total. The van der Waals surface area contributed by atoms with Crippen molar-refractivity contribution < 1.29 is 9.53 Å². The summed E-state index contributed by atoms with van der Waals surface area (Å²) in [6, 6.07) is 11.3. The molecule has 26 heavy (non-hydrogen) atoms. The van der Waals surface area contributed by atoms with Gasteiger partial charge in [0.2, 0.25) is 0 Å². The molecule has 4 rings (SSSR count). The standard InChI is InChI=1S/C19H15N5O2/c1-26-17-6-5-13(16-12-24-9-3-2-4-18(24)22-16)10-14(17)23-19(25)15-11-20-7-8-21-15/h2-12H,1H3,(H,23,25). The molecule has 3 heterocycles. The number of ether oxygens (including phenoxy) is 1. The number of anilines is 1. The van der Waals surface area contributed by atoms with E-state index in [1.807, 2.05) is 47.1 Å². The van der Waals surface area contributed by atoms with Gasteiger partial charge < -0.3 is 14.5 Å². The molecule has 0 aliphatic rings. The van der Waals surface area contributed by atoms with E-state index in [0.29, 0.717) is 11.4 Å². The Morgan fingerprint density at radius 3 is 2.88 bits per heavy atom. The Hall–Kier alpha value is -3.74. The summed E-state index contributed by atoms with van der Waals surface area (Å²) in [7, 11) is 1.55. The van der Waals surface area contributed by atoms with Gasteiger partial charge in [-0.2, -0.15) is 0 Å². The van der Waals surface area contributed by atoms with E-state index in [-0.39, 0.29) is 11.6 Å². The van der Waals surface area contributed by atoms with Gasteiger partial charge in [-0.15, -0.1) is 0 Å². The average Bonchev–Trinajstić information content (AvgIpc) is 3.13. The minimum absolute atomic E-state index is 0.229. The van der Waals surface area contributed by atoms with Gasteiger partial charge in [-0.1, -0.05) is 6.07 Å². The lowest BCUT2D eigenvalue weighted by atomic mass is 10.1. The monoisotopic (exact) mass is 345 g/mol. The molecule has 0 unspecified atom stereocenters. The topological polar surface area (TPSA) is 81.4 Å². The zero-order chi connectivity index (χ0) is 17.9. The number of hydrogen-bond acceptors (Lipinski definition) is 5. The summed E-state index contributed by atoms with van der Waals surface area (Å²) in [5, 5.41) is 2.82. The normalized spacial score (nSPS) is 10.7. The van der Waals surface area contributed by atoms with Crippen molar-refractivity contribution in [1.82, 2.24) is 19.4 Å². The predicted octanol–water partition coefficient (Wildman–Crippen LogP) is 3.05. The largest absolute Gasteiger partial charge is 0.495 e. The number of carbonyl (C=O) groups is 1. The number of rotatable bonds is 4. The van der Waals surface area contributed by atoms with Gasteiger partial charge in [-0.05, 0) is 30.3 Å². The van der Waals surface area contributed by atoms with Gasteiger partial charge in [0.05, 0.1) is 24.7 Å². The number of benzene rings is 1. The molecule has 7 heteroatoms. The van der Waals surface area contributed by atoms with Gasteiger partial charge in [0.1, 0.15) is 17.1 Å². The SMILES string of the molecule is COc1ccc(-c2cn3ccccc3n2)cc1NC(=O)c1cnccn1. The summed E-state index contributed by atoms with van der Waals surface area (Å²) in [6.07, 6.45) is 8.27. The number of aromatic nitrogens is 4. The smallest absolute Gasteiger partial charge is 0.275 e. The van der Waals surface area contributed by atoms with Gasteiger partial charge in [-0.25, -0.2) is 9.97 Å². The zero-order valence-electron chi connectivity index (χ0n) is 14.0. The lowest BCUT2D eigenvalue weighted by Crippen LogP contribution is -2.14. The van der Waals surface area contributed by atoms with Gasteiger partial charge >= 0.3 is 0 Å². The third-order valence-electron chi connectivity index (χ3n) is 3.90.